The Labute approximate surface area is 179 Å². The molecule has 0 bridgehead atoms. The average molecular weight is 373 g/mol. The van der Waals surface area contributed by atoms with Gasteiger partial charge in [-0.25, -0.2) is 9.59 Å². The molecule has 0 amide bonds. The molecule has 2 aliphatic carbocycles. The van der Waals surface area contributed by atoms with Crippen molar-refractivity contribution in [1.29, 1.82) is 0 Å². The molecule has 0 radical (unpaired) electrons. The number of benzene rings is 1. The van der Waals surface area contributed by atoms with E-state index >= 15 is 0 Å². The van der Waals surface area contributed by atoms with Crippen molar-refractivity contribution in [2.24, 2.45) is 0 Å². The van der Waals surface area contributed by atoms with E-state index in [9.17, 15) is 9.59 Å². The van der Waals surface area contributed by atoms with Gasteiger partial charge in [-0.2, -0.15) is 0 Å². The first-order valence-electron chi connectivity index (χ1n) is 9.24. The molecule has 4 nitrogen and oxygen atoms in total. The van der Waals surface area contributed by atoms with Crippen molar-refractivity contribution in [3.8, 4) is 0 Å². The molecule has 0 N–H and O–H groups in total. The van der Waals surface area contributed by atoms with Crippen LogP contribution in [0.1, 0.15) is 84.9 Å². The number of hydrogen-bond acceptors (Lipinski definition) is 4. The third-order valence-electron chi connectivity index (χ3n) is 5.01. The van der Waals surface area contributed by atoms with Crippen LogP contribution in [-0.4, -0.2) is 61.9 Å². The van der Waals surface area contributed by atoms with Crippen molar-refractivity contribution < 1.29 is 19.1 Å². The van der Waals surface area contributed by atoms with Crippen LogP contribution in [0.15, 0.2) is 24.3 Å². The number of hydrogen-bond donors (Lipinski definition) is 0. The molecule has 134 valence electrons. The first-order chi connectivity index (χ1) is 11.7. The maximum absolute atomic E-state index is 12.2. The molecular weight excluding hydrogens is 344 g/mol. The molecule has 0 unspecified atom stereocenters. The van der Waals surface area contributed by atoms with Crippen LogP contribution in [0.4, 0.5) is 0 Å². The second-order valence-corrected chi connectivity index (χ2v) is 6.91. The molecule has 2 fully saturated rings. The Balaban J connectivity index is 0.00000225. The molecule has 1 aromatic carbocycles. The molecule has 3 rings (SSSR count). The van der Waals surface area contributed by atoms with Gasteiger partial charge >= 0.3 is 49.7 Å². The van der Waals surface area contributed by atoms with Gasteiger partial charge < -0.3 is 9.47 Å². The fourth-order valence-electron chi connectivity index (χ4n) is 3.55. The van der Waals surface area contributed by atoms with Crippen LogP contribution in [-0.2, 0) is 9.47 Å². The van der Waals surface area contributed by atoms with Gasteiger partial charge in [0.15, 0.2) is 0 Å². The van der Waals surface area contributed by atoms with Gasteiger partial charge in [-0.05, 0) is 75.6 Å². The number of carbonyl (C=O) groups excluding carboxylic acids is 2. The second-order valence-electron chi connectivity index (χ2n) is 6.91. The van der Waals surface area contributed by atoms with E-state index in [1.54, 1.807) is 24.3 Å². The summed E-state index contributed by atoms with van der Waals surface area (Å²) in [4.78, 5) is 24.3. The molecule has 0 aromatic heterocycles. The minimum absolute atomic E-state index is 0. The van der Waals surface area contributed by atoms with Crippen LogP contribution in [0.5, 0.6) is 0 Å². The second kappa shape index (κ2) is 10.5. The fraction of sp³-hybridized carbons (Fsp3) is 0.600. The summed E-state index contributed by atoms with van der Waals surface area (Å²) < 4.78 is 11.1. The maximum atomic E-state index is 12.2. The number of rotatable bonds is 4. The van der Waals surface area contributed by atoms with Crippen LogP contribution >= 0.6 is 0 Å². The summed E-state index contributed by atoms with van der Waals surface area (Å²) in [5.41, 5.74) is 0.990. The minimum atomic E-state index is -0.297. The molecular formula is C20H28CaO4. The van der Waals surface area contributed by atoms with Crippen molar-refractivity contribution in [2.75, 3.05) is 0 Å². The first kappa shape index (κ1) is 20.7. The van der Waals surface area contributed by atoms with Gasteiger partial charge in [0.25, 0.3) is 0 Å². The third-order valence-corrected chi connectivity index (χ3v) is 5.01. The van der Waals surface area contributed by atoms with Crippen molar-refractivity contribution >= 4 is 49.7 Å². The van der Waals surface area contributed by atoms with Gasteiger partial charge in [0, 0.05) is 0 Å². The van der Waals surface area contributed by atoms with E-state index in [1.165, 1.54) is 12.8 Å². The van der Waals surface area contributed by atoms with E-state index in [0.717, 1.165) is 51.4 Å². The van der Waals surface area contributed by atoms with Gasteiger partial charge in [-0.1, -0.05) is 12.8 Å². The van der Waals surface area contributed by atoms with Crippen LogP contribution in [0, 0.1) is 0 Å². The molecule has 0 heterocycles. The predicted octanol–water partition coefficient (Wildman–Crippen LogP) is 3.75. The Morgan fingerprint density at radius 3 is 1.28 bits per heavy atom. The standard InChI is InChI=1S/C20H26O4.Ca.2H/c21-19(23-17-7-3-1-4-8-17)15-11-13-16(14-12-15)20(22)24-18-9-5-2-6-10-18;;;/h11-14,17-18H,1-10H2;;;. The van der Waals surface area contributed by atoms with Gasteiger partial charge in [0.1, 0.15) is 12.2 Å². The molecule has 0 saturated heterocycles. The van der Waals surface area contributed by atoms with Crippen LogP contribution in [0.3, 0.4) is 0 Å². The normalized spacial score (nSPS) is 18.9. The van der Waals surface area contributed by atoms with E-state index in [4.69, 9.17) is 9.47 Å². The number of ether oxygens (including phenoxy) is 2. The van der Waals surface area contributed by atoms with Gasteiger partial charge in [0.05, 0.1) is 11.1 Å². The van der Waals surface area contributed by atoms with Gasteiger partial charge in [-0.3, -0.25) is 0 Å². The van der Waals surface area contributed by atoms with E-state index < -0.39 is 0 Å². The first-order valence-corrected chi connectivity index (χ1v) is 9.24. The van der Waals surface area contributed by atoms with Crippen molar-refractivity contribution in [3.05, 3.63) is 35.4 Å². The number of esters is 2. The van der Waals surface area contributed by atoms with Crippen LogP contribution in [0.2, 0.25) is 0 Å². The van der Waals surface area contributed by atoms with Crippen LogP contribution in [0.25, 0.3) is 0 Å². The Morgan fingerprint density at radius 2 is 0.960 bits per heavy atom. The average Bonchev–Trinajstić information content (AvgIpc) is 2.63. The Morgan fingerprint density at radius 1 is 0.640 bits per heavy atom. The van der Waals surface area contributed by atoms with Crippen LogP contribution < -0.4 is 0 Å². The molecule has 2 aliphatic rings. The monoisotopic (exact) mass is 372 g/mol. The molecule has 0 aliphatic heterocycles. The zero-order chi connectivity index (χ0) is 16.8. The Kier molecular flexibility index (Phi) is 8.74. The summed E-state index contributed by atoms with van der Waals surface area (Å²) in [6.45, 7) is 0. The molecule has 1 aromatic rings. The quantitative estimate of drug-likeness (QED) is 0.597. The summed E-state index contributed by atoms with van der Waals surface area (Å²) in [5, 5.41) is 0. The molecule has 5 heteroatoms. The summed E-state index contributed by atoms with van der Waals surface area (Å²) in [6.07, 6.45) is 10.9. The Bertz CT molecular complexity index is 507. The van der Waals surface area contributed by atoms with Gasteiger partial charge in [-0.15, -0.1) is 0 Å². The molecule has 0 spiro atoms. The topological polar surface area (TPSA) is 52.6 Å². The molecule has 25 heavy (non-hydrogen) atoms. The Hall–Kier alpha value is -0.580. The fourth-order valence-corrected chi connectivity index (χ4v) is 3.55. The van der Waals surface area contributed by atoms with E-state index in [1.807, 2.05) is 0 Å². The zero-order valence-electron chi connectivity index (χ0n) is 14.2. The van der Waals surface area contributed by atoms with E-state index in [0.29, 0.717) is 11.1 Å². The summed E-state index contributed by atoms with van der Waals surface area (Å²) in [6, 6.07) is 6.62. The summed E-state index contributed by atoms with van der Waals surface area (Å²) >= 11 is 0. The molecule has 2 saturated carbocycles. The zero-order valence-corrected chi connectivity index (χ0v) is 14.2. The van der Waals surface area contributed by atoms with Crippen molar-refractivity contribution in [1.82, 2.24) is 0 Å². The predicted molar refractivity (Wildman–Crippen MR) is 99.6 cm³/mol. The number of carbonyl (C=O) groups is 2. The summed E-state index contributed by atoms with van der Waals surface area (Å²) in [7, 11) is 0. The third kappa shape index (κ3) is 6.26. The van der Waals surface area contributed by atoms with E-state index in [-0.39, 0.29) is 61.9 Å². The van der Waals surface area contributed by atoms with Crippen molar-refractivity contribution in [3.63, 3.8) is 0 Å². The summed E-state index contributed by atoms with van der Waals surface area (Å²) in [5.74, 6) is -0.594. The van der Waals surface area contributed by atoms with Gasteiger partial charge in [0.2, 0.25) is 0 Å². The van der Waals surface area contributed by atoms with Crippen molar-refractivity contribution in [2.45, 2.75) is 76.4 Å². The molecule has 0 atom stereocenters. The van der Waals surface area contributed by atoms with E-state index in [2.05, 4.69) is 0 Å². The SMILES string of the molecule is O=C(OC1CCCCC1)c1ccc(C(=O)OC2CCCCC2)cc1.[CaH2].